The van der Waals surface area contributed by atoms with Gasteiger partial charge < -0.3 is 9.80 Å². The summed E-state index contributed by atoms with van der Waals surface area (Å²) in [6.45, 7) is 3.30. The molecule has 8 nitrogen and oxygen atoms in total. The van der Waals surface area contributed by atoms with Gasteiger partial charge in [0.05, 0.1) is 5.69 Å². The Morgan fingerprint density at radius 3 is 2.19 bits per heavy atom. The van der Waals surface area contributed by atoms with Gasteiger partial charge in [0.25, 0.3) is 0 Å². The summed E-state index contributed by atoms with van der Waals surface area (Å²) in [6.07, 6.45) is 3.42. The van der Waals surface area contributed by atoms with Gasteiger partial charge in [0.15, 0.2) is 5.82 Å². The van der Waals surface area contributed by atoms with E-state index in [0.29, 0.717) is 17.8 Å². The van der Waals surface area contributed by atoms with Crippen LogP contribution in [0.15, 0.2) is 6.07 Å². The zero-order chi connectivity index (χ0) is 25.2. The highest BCUT2D eigenvalue weighted by molar-refractivity contribution is 5.77. The van der Waals surface area contributed by atoms with Gasteiger partial charge in [-0.2, -0.15) is 23.4 Å². The Morgan fingerprint density at radius 1 is 0.946 bits per heavy atom. The number of urea groups is 1. The topological polar surface area (TPSA) is 93.8 Å². The van der Waals surface area contributed by atoms with Crippen LogP contribution in [0.1, 0.15) is 86.2 Å². The highest BCUT2D eigenvalue weighted by atomic mass is 19.4. The van der Waals surface area contributed by atoms with E-state index >= 15 is 0 Å². The molecule has 0 radical (unpaired) electrons. The molecular formula is C26H32F3N7O. The van der Waals surface area contributed by atoms with Gasteiger partial charge in [-0.25, -0.2) is 9.78 Å². The molecule has 2 aliphatic heterocycles. The number of rotatable bonds is 5. The van der Waals surface area contributed by atoms with Crippen molar-refractivity contribution in [2.24, 2.45) is 16.7 Å². The maximum Gasteiger partial charge on any atom is 0.400 e. The molecule has 4 aliphatic carbocycles. The fourth-order valence-electron chi connectivity index (χ4n) is 7.83. The van der Waals surface area contributed by atoms with Gasteiger partial charge >= 0.3 is 12.2 Å². The van der Waals surface area contributed by atoms with E-state index in [1.165, 1.54) is 12.8 Å². The molecule has 2 aromatic heterocycles. The van der Waals surface area contributed by atoms with Crippen LogP contribution in [0.25, 0.3) is 0 Å². The molecule has 11 heteroatoms. The van der Waals surface area contributed by atoms with Gasteiger partial charge in [-0.1, -0.05) is 0 Å². The molecule has 6 fully saturated rings. The number of likely N-dealkylation sites (tertiary alicyclic amines) is 2. The van der Waals surface area contributed by atoms with Crippen molar-refractivity contribution in [1.82, 2.24) is 35.2 Å². The molecule has 2 spiro atoms. The number of nitrogens with one attached hydrogen (secondary N) is 2. The highest BCUT2D eigenvalue weighted by Crippen LogP contribution is 2.59. The minimum atomic E-state index is -4.23. The molecule has 2 amide bonds. The fourth-order valence-corrected chi connectivity index (χ4v) is 7.83. The average molecular weight is 516 g/mol. The zero-order valence-corrected chi connectivity index (χ0v) is 20.8. The van der Waals surface area contributed by atoms with Gasteiger partial charge in [-0.3, -0.25) is 10.2 Å². The molecule has 2 aromatic rings. The first-order valence-corrected chi connectivity index (χ1v) is 13.7. The molecule has 0 aromatic carbocycles. The van der Waals surface area contributed by atoms with Gasteiger partial charge in [0.2, 0.25) is 0 Å². The Kier molecular flexibility index (Phi) is 4.29. The smallest absolute Gasteiger partial charge is 0.323 e. The molecule has 6 aliphatic rings. The van der Waals surface area contributed by atoms with E-state index < -0.39 is 11.6 Å². The summed E-state index contributed by atoms with van der Waals surface area (Å²) in [5.74, 6) is 3.47. The van der Waals surface area contributed by atoms with Gasteiger partial charge in [0.1, 0.15) is 11.2 Å². The molecule has 0 unspecified atom stereocenters. The largest absolute Gasteiger partial charge is 0.400 e. The molecule has 2 saturated heterocycles. The third kappa shape index (κ3) is 3.40. The van der Waals surface area contributed by atoms with E-state index in [9.17, 15) is 18.0 Å². The van der Waals surface area contributed by atoms with Crippen molar-refractivity contribution in [3.63, 3.8) is 0 Å². The predicted octanol–water partition coefficient (Wildman–Crippen LogP) is 4.25. The third-order valence-corrected chi connectivity index (χ3v) is 10.2. The van der Waals surface area contributed by atoms with Crippen LogP contribution in [0.3, 0.4) is 0 Å². The van der Waals surface area contributed by atoms with E-state index in [1.807, 2.05) is 9.80 Å². The Bertz CT molecular complexity index is 1230. The summed E-state index contributed by atoms with van der Waals surface area (Å²) < 4.78 is 40.1. The minimum Gasteiger partial charge on any atom is -0.323 e. The zero-order valence-electron chi connectivity index (χ0n) is 20.8. The van der Waals surface area contributed by atoms with Crippen LogP contribution < -0.4 is 0 Å². The normalized spacial score (nSPS) is 27.5. The van der Waals surface area contributed by atoms with Crippen LogP contribution in [0.2, 0.25) is 0 Å². The molecule has 0 bridgehead atoms. The standard InChI is InChI=1S/C26H32F3N7O/c27-26(28,29)25(3-4-25)19-6-18(31-32-19)5-15-7-23(8-15)11-35(12-23)22(37)36-13-24(14-36)9-17(10-24)21-30-20(33-34-21)16-1-2-16/h6,15-17H,1-5,7-14H2,(H,31,32)(H,30,33,34). The number of carbonyl (C=O) groups excluding carboxylic acids is 1. The van der Waals surface area contributed by atoms with Crippen molar-refractivity contribution < 1.29 is 18.0 Å². The second-order valence-electron chi connectivity index (χ2n) is 13.3. The van der Waals surface area contributed by atoms with Gasteiger partial charge in [0, 0.05) is 54.5 Å². The maximum absolute atomic E-state index is 13.4. The molecule has 4 saturated carbocycles. The van der Waals surface area contributed by atoms with Crippen molar-refractivity contribution in [3.8, 4) is 0 Å². The Balaban J connectivity index is 0.781. The molecular weight excluding hydrogens is 483 g/mol. The molecule has 198 valence electrons. The number of halogens is 3. The van der Waals surface area contributed by atoms with Crippen molar-refractivity contribution in [2.45, 2.75) is 81.2 Å². The van der Waals surface area contributed by atoms with E-state index in [2.05, 4.69) is 20.4 Å². The number of hydrogen-bond acceptors (Lipinski definition) is 4. The van der Waals surface area contributed by atoms with Crippen LogP contribution >= 0.6 is 0 Å². The lowest BCUT2D eigenvalue weighted by molar-refractivity contribution is -0.161. The van der Waals surface area contributed by atoms with Crippen molar-refractivity contribution in [3.05, 3.63) is 29.1 Å². The predicted molar refractivity (Wildman–Crippen MR) is 126 cm³/mol. The monoisotopic (exact) mass is 515 g/mol. The van der Waals surface area contributed by atoms with E-state index in [1.54, 1.807) is 6.07 Å². The number of aromatic nitrogens is 5. The second-order valence-corrected chi connectivity index (χ2v) is 13.3. The van der Waals surface area contributed by atoms with Crippen molar-refractivity contribution >= 4 is 6.03 Å². The van der Waals surface area contributed by atoms with Gasteiger partial charge in [-0.05, 0) is 69.8 Å². The SMILES string of the molecule is O=C(N1CC2(CC(Cc3cc(C4(C(F)(F)F)CC4)n[nH]3)C2)C1)N1CC2(CC(c3n[nH]c(C4CC4)n3)C2)C1. The summed E-state index contributed by atoms with van der Waals surface area (Å²) in [5.41, 5.74) is -0.294. The van der Waals surface area contributed by atoms with Crippen molar-refractivity contribution in [2.75, 3.05) is 26.2 Å². The number of aromatic amines is 2. The first kappa shape index (κ1) is 22.4. The molecule has 0 atom stereocenters. The Morgan fingerprint density at radius 2 is 1.59 bits per heavy atom. The number of H-pyrrole nitrogens is 2. The summed E-state index contributed by atoms with van der Waals surface area (Å²) in [4.78, 5) is 21.6. The number of amides is 2. The van der Waals surface area contributed by atoms with Crippen LogP contribution in [0.4, 0.5) is 18.0 Å². The fraction of sp³-hybridized carbons (Fsp3) is 0.769. The molecule has 4 heterocycles. The van der Waals surface area contributed by atoms with Crippen LogP contribution in [0, 0.1) is 16.7 Å². The number of alkyl halides is 3. The maximum atomic E-state index is 13.4. The number of carbonyl (C=O) groups is 1. The van der Waals surface area contributed by atoms with E-state index in [-0.39, 0.29) is 35.4 Å². The third-order valence-electron chi connectivity index (χ3n) is 10.2. The summed E-state index contributed by atoms with van der Waals surface area (Å²) >= 11 is 0. The molecule has 8 rings (SSSR count). The first-order valence-electron chi connectivity index (χ1n) is 13.7. The van der Waals surface area contributed by atoms with E-state index in [0.717, 1.165) is 75.6 Å². The van der Waals surface area contributed by atoms with Crippen LogP contribution in [-0.2, 0) is 11.8 Å². The summed E-state index contributed by atoms with van der Waals surface area (Å²) in [7, 11) is 0. The molecule has 37 heavy (non-hydrogen) atoms. The lowest BCUT2D eigenvalue weighted by Crippen LogP contribution is -2.70. The van der Waals surface area contributed by atoms with Crippen LogP contribution in [-0.4, -0.2) is 73.6 Å². The van der Waals surface area contributed by atoms with Crippen LogP contribution in [0.5, 0.6) is 0 Å². The lowest BCUT2D eigenvalue weighted by atomic mass is 9.56. The lowest BCUT2D eigenvalue weighted by Gasteiger charge is -2.63. The Hall–Kier alpha value is -2.59. The van der Waals surface area contributed by atoms with Crippen molar-refractivity contribution in [1.29, 1.82) is 0 Å². The number of nitrogens with zero attached hydrogens (tertiary/aromatic N) is 5. The quantitative estimate of drug-likeness (QED) is 0.623. The number of hydrogen-bond donors (Lipinski definition) is 2. The average Bonchev–Trinajstić information content (AvgIpc) is 3.66. The van der Waals surface area contributed by atoms with Gasteiger partial charge in [-0.15, -0.1) is 0 Å². The minimum absolute atomic E-state index is 0.137. The highest BCUT2D eigenvalue weighted by Gasteiger charge is 2.66. The summed E-state index contributed by atoms with van der Waals surface area (Å²) in [5, 5.41) is 14.4. The Labute approximate surface area is 212 Å². The second kappa shape index (κ2) is 7.08. The molecule has 2 N–H and O–H groups in total. The van der Waals surface area contributed by atoms with E-state index in [4.69, 9.17) is 4.98 Å². The first-order chi connectivity index (χ1) is 17.6. The summed E-state index contributed by atoms with van der Waals surface area (Å²) in [6, 6.07) is 1.79.